The van der Waals surface area contributed by atoms with Crippen molar-refractivity contribution in [2.75, 3.05) is 24.9 Å². The van der Waals surface area contributed by atoms with Crippen molar-refractivity contribution in [2.24, 2.45) is 5.73 Å². The van der Waals surface area contributed by atoms with E-state index in [1.54, 1.807) is 7.05 Å². The van der Waals surface area contributed by atoms with Gasteiger partial charge in [-0.2, -0.15) is 12.7 Å². The molecule has 6 heteroatoms. The Labute approximate surface area is 115 Å². The van der Waals surface area contributed by atoms with Crippen LogP contribution in [0.5, 0.6) is 0 Å². The minimum absolute atomic E-state index is 0.427. The standard InChI is InChI=1S/C13H21N3O2S/c1-16(9-3-8-14)19(17,18)15-13-7-6-11-4-2-5-12(11)10-13/h6-7,10,15H,2-5,8-9,14H2,1H3. The highest BCUT2D eigenvalue weighted by atomic mass is 32.2. The van der Waals surface area contributed by atoms with Crippen LogP contribution in [0, 0.1) is 0 Å². The summed E-state index contributed by atoms with van der Waals surface area (Å²) >= 11 is 0. The molecule has 0 saturated carbocycles. The molecule has 0 radical (unpaired) electrons. The summed E-state index contributed by atoms with van der Waals surface area (Å²) in [6, 6.07) is 5.79. The molecule has 2 rings (SSSR count). The average molecular weight is 283 g/mol. The van der Waals surface area contributed by atoms with E-state index in [4.69, 9.17) is 5.73 Å². The minimum Gasteiger partial charge on any atom is -0.330 e. The first-order chi connectivity index (χ1) is 9.03. The Hall–Kier alpha value is -1.11. The minimum atomic E-state index is -3.48. The van der Waals surface area contributed by atoms with Gasteiger partial charge >= 0.3 is 10.2 Å². The molecule has 19 heavy (non-hydrogen) atoms. The van der Waals surface area contributed by atoms with Crippen LogP contribution in [0.1, 0.15) is 24.0 Å². The van der Waals surface area contributed by atoms with Crippen molar-refractivity contribution in [1.82, 2.24) is 4.31 Å². The normalized spacial score (nSPS) is 14.7. The molecule has 1 aromatic carbocycles. The molecule has 1 aromatic rings. The maximum Gasteiger partial charge on any atom is 0.301 e. The van der Waals surface area contributed by atoms with Gasteiger partial charge in [0.2, 0.25) is 0 Å². The van der Waals surface area contributed by atoms with E-state index in [-0.39, 0.29) is 0 Å². The number of benzene rings is 1. The summed E-state index contributed by atoms with van der Waals surface area (Å²) in [5.41, 5.74) is 8.62. The molecule has 106 valence electrons. The molecule has 5 nitrogen and oxygen atoms in total. The van der Waals surface area contributed by atoms with Crippen LogP contribution in [0.15, 0.2) is 18.2 Å². The number of rotatable bonds is 6. The topological polar surface area (TPSA) is 75.4 Å². The Morgan fingerprint density at radius 2 is 2.05 bits per heavy atom. The molecule has 0 aromatic heterocycles. The van der Waals surface area contributed by atoms with Crippen LogP contribution in [0.25, 0.3) is 0 Å². The quantitative estimate of drug-likeness (QED) is 0.821. The van der Waals surface area contributed by atoms with E-state index in [1.807, 2.05) is 18.2 Å². The molecule has 0 aliphatic heterocycles. The first kappa shape index (κ1) is 14.3. The summed E-state index contributed by atoms with van der Waals surface area (Å²) in [5, 5.41) is 0. The predicted octanol–water partition coefficient (Wildman–Crippen LogP) is 1.11. The Bertz CT molecular complexity index is 543. The van der Waals surface area contributed by atoms with Gasteiger partial charge in [-0.15, -0.1) is 0 Å². The SMILES string of the molecule is CN(CCCN)S(=O)(=O)Nc1ccc2c(c1)CCC2. The van der Waals surface area contributed by atoms with Crippen molar-refractivity contribution in [1.29, 1.82) is 0 Å². The highest BCUT2D eigenvalue weighted by Crippen LogP contribution is 2.25. The zero-order valence-corrected chi connectivity index (χ0v) is 12.0. The monoisotopic (exact) mass is 283 g/mol. The number of nitrogens with two attached hydrogens (primary N) is 1. The van der Waals surface area contributed by atoms with Crippen LogP contribution in [-0.2, 0) is 23.1 Å². The lowest BCUT2D eigenvalue weighted by Gasteiger charge is -2.18. The second-order valence-electron chi connectivity index (χ2n) is 4.91. The van der Waals surface area contributed by atoms with Crippen molar-refractivity contribution in [2.45, 2.75) is 25.7 Å². The van der Waals surface area contributed by atoms with Gasteiger partial charge in [-0.1, -0.05) is 6.07 Å². The molecule has 3 N–H and O–H groups in total. The second kappa shape index (κ2) is 5.90. The van der Waals surface area contributed by atoms with Gasteiger partial charge in [0.15, 0.2) is 0 Å². The van der Waals surface area contributed by atoms with Gasteiger partial charge < -0.3 is 5.73 Å². The Balaban J connectivity index is 2.07. The maximum absolute atomic E-state index is 12.1. The third kappa shape index (κ3) is 3.46. The average Bonchev–Trinajstić information content (AvgIpc) is 2.82. The summed E-state index contributed by atoms with van der Waals surface area (Å²) in [5.74, 6) is 0. The summed E-state index contributed by atoms with van der Waals surface area (Å²) < 4.78 is 28.1. The first-order valence-corrected chi connectivity index (χ1v) is 8.03. The summed E-state index contributed by atoms with van der Waals surface area (Å²) in [6.07, 6.45) is 3.94. The third-order valence-corrected chi connectivity index (χ3v) is 4.93. The lowest BCUT2D eigenvalue weighted by atomic mass is 10.1. The van der Waals surface area contributed by atoms with E-state index in [0.717, 1.165) is 19.3 Å². The molecule has 0 fully saturated rings. The van der Waals surface area contributed by atoms with Gasteiger partial charge in [-0.05, 0) is 55.5 Å². The number of hydrogen-bond acceptors (Lipinski definition) is 3. The van der Waals surface area contributed by atoms with Crippen molar-refractivity contribution >= 4 is 15.9 Å². The largest absolute Gasteiger partial charge is 0.330 e. The molecule has 0 heterocycles. The van der Waals surface area contributed by atoms with Crippen molar-refractivity contribution in [3.8, 4) is 0 Å². The Kier molecular flexibility index (Phi) is 4.44. The lowest BCUT2D eigenvalue weighted by Crippen LogP contribution is -2.34. The number of nitrogens with one attached hydrogen (secondary N) is 1. The highest BCUT2D eigenvalue weighted by molar-refractivity contribution is 7.90. The van der Waals surface area contributed by atoms with Crippen molar-refractivity contribution < 1.29 is 8.42 Å². The molecule has 1 aliphatic carbocycles. The predicted molar refractivity (Wildman–Crippen MR) is 77.3 cm³/mol. The van der Waals surface area contributed by atoms with Crippen LogP contribution in [0.3, 0.4) is 0 Å². The fourth-order valence-corrected chi connectivity index (χ4v) is 3.25. The number of aryl methyl sites for hydroxylation is 2. The molecule has 0 bridgehead atoms. The third-order valence-electron chi connectivity index (χ3n) is 3.43. The van der Waals surface area contributed by atoms with Gasteiger partial charge in [0, 0.05) is 13.6 Å². The Morgan fingerprint density at radius 3 is 2.79 bits per heavy atom. The van der Waals surface area contributed by atoms with E-state index in [1.165, 1.54) is 15.4 Å². The highest BCUT2D eigenvalue weighted by Gasteiger charge is 2.18. The van der Waals surface area contributed by atoms with Crippen LogP contribution < -0.4 is 10.5 Å². The lowest BCUT2D eigenvalue weighted by molar-refractivity contribution is 0.468. The van der Waals surface area contributed by atoms with Gasteiger partial charge in [-0.25, -0.2) is 0 Å². The zero-order chi connectivity index (χ0) is 13.9. The van der Waals surface area contributed by atoms with E-state index in [9.17, 15) is 8.42 Å². The molecule has 0 atom stereocenters. The molecule has 0 amide bonds. The maximum atomic E-state index is 12.1. The molecular formula is C13H21N3O2S. The van der Waals surface area contributed by atoms with Crippen molar-refractivity contribution in [3.05, 3.63) is 29.3 Å². The summed E-state index contributed by atoms with van der Waals surface area (Å²) in [4.78, 5) is 0. The number of hydrogen-bond donors (Lipinski definition) is 2. The van der Waals surface area contributed by atoms with Gasteiger partial charge in [0.25, 0.3) is 0 Å². The molecule has 0 unspecified atom stereocenters. The van der Waals surface area contributed by atoms with Crippen LogP contribution >= 0.6 is 0 Å². The number of anilines is 1. The zero-order valence-electron chi connectivity index (χ0n) is 11.2. The molecule has 1 aliphatic rings. The van der Waals surface area contributed by atoms with Crippen LogP contribution in [0.4, 0.5) is 5.69 Å². The summed E-state index contributed by atoms with van der Waals surface area (Å²) in [6.45, 7) is 0.912. The van der Waals surface area contributed by atoms with Crippen LogP contribution in [0.2, 0.25) is 0 Å². The fraction of sp³-hybridized carbons (Fsp3) is 0.538. The summed E-state index contributed by atoms with van der Waals surface area (Å²) in [7, 11) is -1.91. The van der Waals surface area contributed by atoms with Gasteiger partial charge in [0.1, 0.15) is 0 Å². The number of fused-ring (bicyclic) bond motifs is 1. The second-order valence-corrected chi connectivity index (χ2v) is 6.69. The molecular weight excluding hydrogens is 262 g/mol. The Morgan fingerprint density at radius 1 is 1.32 bits per heavy atom. The van der Waals surface area contributed by atoms with Gasteiger partial charge in [-0.3, -0.25) is 4.72 Å². The first-order valence-electron chi connectivity index (χ1n) is 6.59. The van der Waals surface area contributed by atoms with E-state index in [2.05, 4.69) is 4.72 Å². The number of nitrogens with zero attached hydrogens (tertiary/aromatic N) is 1. The fourth-order valence-electron chi connectivity index (χ4n) is 2.30. The molecule has 0 saturated heterocycles. The van der Waals surface area contributed by atoms with E-state index < -0.39 is 10.2 Å². The smallest absolute Gasteiger partial charge is 0.301 e. The van der Waals surface area contributed by atoms with Gasteiger partial charge in [0.05, 0.1) is 5.69 Å². The van der Waals surface area contributed by atoms with E-state index >= 15 is 0 Å². The van der Waals surface area contributed by atoms with Crippen LogP contribution in [-0.4, -0.2) is 32.9 Å². The van der Waals surface area contributed by atoms with E-state index in [0.29, 0.717) is 25.2 Å². The molecule has 0 spiro atoms. The van der Waals surface area contributed by atoms with Crippen molar-refractivity contribution in [3.63, 3.8) is 0 Å².